The Bertz CT molecular complexity index is 651. The number of halogens is 2. The highest BCUT2D eigenvalue weighted by Gasteiger charge is 2.01. The third-order valence-electron chi connectivity index (χ3n) is 2.91. The first-order chi connectivity index (χ1) is 10.2. The van der Waals surface area contributed by atoms with Gasteiger partial charge in [-0.25, -0.2) is 0 Å². The Morgan fingerprint density at radius 1 is 1.10 bits per heavy atom. The minimum Gasteiger partial charge on any atom is -0.489 e. The van der Waals surface area contributed by atoms with Gasteiger partial charge in [0.2, 0.25) is 0 Å². The number of ether oxygens (including phenoxy) is 1. The van der Waals surface area contributed by atoms with Crippen LogP contribution in [0.25, 0.3) is 0 Å². The molecule has 2 aromatic rings. The lowest BCUT2D eigenvalue weighted by molar-refractivity contribution is 0.306. The summed E-state index contributed by atoms with van der Waals surface area (Å²) in [6.45, 7) is 2.47. The molecule has 0 bridgehead atoms. The van der Waals surface area contributed by atoms with E-state index in [4.69, 9.17) is 27.9 Å². The Hall–Kier alpha value is -1.62. The molecule has 0 aromatic heterocycles. The standard InChI is InChI=1S/C18H16Cl2O/c1-14-5-8-16(18(20)12-14)13-21-17-9-6-15(7-10-17)4-2-3-11-19/h5-10,12H,3,11,13H2,1H3. The maximum absolute atomic E-state index is 6.18. The summed E-state index contributed by atoms with van der Waals surface area (Å²) in [6, 6.07) is 13.7. The van der Waals surface area contributed by atoms with Gasteiger partial charge in [0.15, 0.2) is 0 Å². The second-order valence-corrected chi connectivity index (χ2v) is 5.43. The topological polar surface area (TPSA) is 9.23 Å². The van der Waals surface area contributed by atoms with Gasteiger partial charge in [0.05, 0.1) is 0 Å². The quantitative estimate of drug-likeness (QED) is 0.555. The molecule has 0 unspecified atom stereocenters. The smallest absolute Gasteiger partial charge is 0.119 e. The lowest BCUT2D eigenvalue weighted by atomic mass is 10.1. The largest absolute Gasteiger partial charge is 0.489 e. The van der Waals surface area contributed by atoms with E-state index in [1.807, 2.05) is 49.4 Å². The van der Waals surface area contributed by atoms with Crippen molar-refractivity contribution in [2.24, 2.45) is 0 Å². The number of hydrogen-bond acceptors (Lipinski definition) is 1. The van der Waals surface area contributed by atoms with E-state index < -0.39 is 0 Å². The maximum Gasteiger partial charge on any atom is 0.119 e. The van der Waals surface area contributed by atoms with Crippen LogP contribution in [0.5, 0.6) is 5.75 Å². The van der Waals surface area contributed by atoms with E-state index in [1.165, 1.54) is 0 Å². The van der Waals surface area contributed by atoms with Crippen LogP contribution in [0.2, 0.25) is 5.02 Å². The summed E-state index contributed by atoms with van der Waals surface area (Å²) in [6.07, 6.45) is 0.700. The summed E-state index contributed by atoms with van der Waals surface area (Å²) in [5.74, 6) is 7.41. The van der Waals surface area contributed by atoms with E-state index in [2.05, 4.69) is 11.8 Å². The zero-order valence-electron chi connectivity index (χ0n) is 11.8. The molecular weight excluding hydrogens is 303 g/mol. The molecule has 21 heavy (non-hydrogen) atoms. The van der Waals surface area contributed by atoms with Crippen molar-refractivity contribution in [1.82, 2.24) is 0 Å². The van der Waals surface area contributed by atoms with Gasteiger partial charge in [-0.15, -0.1) is 11.6 Å². The van der Waals surface area contributed by atoms with Gasteiger partial charge in [-0.1, -0.05) is 35.6 Å². The minimum atomic E-state index is 0.455. The predicted octanol–water partition coefficient (Wildman–Crippen LogP) is 5.21. The van der Waals surface area contributed by atoms with Gasteiger partial charge in [-0.2, -0.15) is 0 Å². The zero-order valence-corrected chi connectivity index (χ0v) is 13.3. The van der Waals surface area contributed by atoms with Crippen LogP contribution < -0.4 is 4.74 Å². The van der Waals surface area contributed by atoms with E-state index >= 15 is 0 Å². The highest BCUT2D eigenvalue weighted by molar-refractivity contribution is 6.31. The summed E-state index contributed by atoms with van der Waals surface area (Å²) < 4.78 is 5.74. The molecule has 0 N–H and O–H groups in total. The maximum atomic E-state index is 6.18. The second-order valence-electron chi connectivity index (χ2n) is 4.65. The number of hydrogen-bond donors (Lipinski definition) is 0. The molecule has 2 aromatic carbocycles. The summed E-state index contributed by atoms with van der Waals surface area (Å²) in [5, 5.41) is 0.735. The first-order valence-electron chi connectivity index (χ1n) is 6.72. The van der Waals surface area contributed by atoms with Gasteiger partial charge in [0, 0.05) is 28.5 Å². The van der Waals surface area contributed by atoms with Gasteiger partial charge in [-0.05, 0) is 42.8 Å². The Balaban J connectivity index is 1.96. The molecule has 2 rings (SSSR count). The Labute approximate surface area is 135 Å². The van der Waals surface area contributed by atoms with Crippen molar-refractivity contribution in [3.8, 4) is 17.6 Å². The van der Waals surface area contributed by atoms with E-state index in [0.29, 0.717) is 18.9 Å². The monoisotopic (exact) mass is 318 g/mol. The molecule has 0 heterocycles. The number of benzene rings is 2. The van der Waals surface area contributed by atoms with Crippen molar-refractivity contribution in [1.29, 1.82) is 0 Å². The average molecular weight is 319 g/mol. The number of alkyl halides is 1. The SMILES string of the molecule is Cc1ccc(COc2ccc(C#CCCCl)cc2)c(Cl)c1. The lowest BCUT2D eigenvalue weighted by Gasteiger charge is -2.08. The summed E-state index contributed by atoms with van der Waals surface area (Å²) in [7, 11) is 0. The second kappa shape index (κ2) is 7.98. The molecule has 0 saturated carbocycles. The molecular formula is C18H16Cl2O. The normalized spacial score (nSPS) is 9.86. The minimum absolute atomic E-state index is 0.455. The molecule has 0 radical (unpaired) electrons. The van der Waals surface area contributed by atoms with Crippen molar-refractivity contribution < 1.29 is 4.74 Å². The van der Waals surface area contributed by atoms with Gasteiger partial charge >= 0.3 is 0 Å². The number of rotatable bonds is 4. The van der Waals surface area contributed by atoms with Gasteiger partial charge in [-0.3, -0.25) is 0 Å². The van der Waals surface area contributed by atoms with E-state index in [1.54, 1.807) is 0 Å². The fraction of sp³-hybridized carbons (Fsp3) is 0.222. The molecule has 0 aliphatic heterocycles. The molecule has 0 amide bonds. The zero-order chi connectivity index (χ0) is 15.1. The third-order valence-corrected chi connectivity index (χ3v) is 3.45. The Morgan fingerprint density at radius 2 is 1.86 bits per heavy atom. The van der Waals surface area contributed by atoms with Crippen molar-refractivity contribution in [3.05, 3.63) is 64.2 Å². The van der Waals surface area contributed by atoms with E-state index in [0.717, 1.165) is 27.5 Å². The lowest BCUT2D eigenvalue weighted by Crippen LogP contribution is -1.96. The first-order valence-corrected chi connectivity index (χ1v) is 7.63. The molecule has 0 aliphatic rings. The van der Waals surface area contributed by atoms with Crippen LogP contribution in [-0.4, -0.2) is 5.88 Å². The van der Waals surface area contributed by atoms with Gasteiger partial charge in [0.25, 0.3) is 0 Å². The Morgan fingerprint density at radius 3 is 2.52 bits per heavy atom. The van der Waals surface area contributed by atoms with E-state index in [9.17, 15) is 0 Å². The van der Waals surface area contributed by atoms with Crippen LogP contribution in [0.3, 0.4) is 0 Å². The summed E-state index contributed by atoms with van der Waals surface area (Å²) in [5.41, 5.74) is 3.08. The van der Waals surface area contributed by atoms with Crippen molar-refractivity contribution in [3.63, 3.8) is 0 Å². The highest BCUT2D eigenvalue weighted by atomic mass is 35.5. The summed E-state index contributed by atoms with van der Waals surface area (Å²) >= 11 is 11.8. The fourth-order valence-corrected chi connectivity index (χ4v) is 2.16. The number of aryl methyl sites for hydroxylation is 1. The van der Waals surface area contributed by atoms with Crippen LogP contribution in [0, 0.1) is 18.8 Å². The van der Waals surface area contributed by atoms with Crippen molar-refractivity contribution in [2.45, 2.75) is 20.0 Å². The molecule has 0 saturated heterocycles. The molecule has 0 fully saturated rings. The van der Waals surface area contributed by atoms with Crippen LogP contribution in [0.4, 0.5) is 0 Å². The van der Waals surface area contributed by atoms with Crippen molar-refractivity contribution in [2.75, 3.05) is 5.88 Å². The molecule has 0 spiro atoms. The fourth-order valence-electron chi connectivity index (χ4n) is 1.78. The van der Waals surface area contributed by atoms with Crippen LogP contribution in [0.15, 0.2) is 42.5 Å². The Kier molecular flexibility index (Phi) is 5.99. The van der Waals surface area contributed by atoms with E-state index in [-0.39, 0.29) is 0 Å². The third kappa shape index (κ3) is 5.01. The van der Waals surface area contributed by atoms with Gasteiger partial charge in [0.1, 0.15) is 12.4 Å². The molecule has 1 nitrogen and oxygen atoms in total. The van der Waals surface area contributed by atoms with Crippen LogP contribution in [0.1, 0.15) is 23.1 Å². The molecule has 3 heteroatoms. The average Bonchev–Trinajstić information content (AvgIpc) is 2.48. The summed E-state index contributed by atoms with van der Waals surface area (Å²) in [4.78, 5) is 0. The first kappa shape index (κ1) is 15.8. The molecule has 108 valence electrons. The van der Waals surface area contributed by atoms with Crippen molar-refractivity contribution >= 4 is 23.2 Å². The molecule has 0 aliphatic carbocycles. The van der Waals surface area contributed by atoms with Crippen LogP contribution in [-0.2, 0) is 6.61 Å². The predicted molar refractivity (Wildman–Crippen MR) is 89.2 cm³/mol. The van der Waals surface area contributed by atoms with Gasteiger partial charge < -0.3 is 4.74 Å². The van der Waals surface area contributed by atoms with Crippen LogP contribution >= 0.6 is 23.2 Å². The highest BCUT2D eigenvalue weighted by Crippen LogP contribution is 2.20. The molecule has 0 atom stereocenters.